The number of carbonyl (C=O) groups is 1. The number of ether oxygens (including phenoxy) is 3. The number of ketones is 1. The van der Waals surface area contributed by atoms with E-state index in [0.717, 1.165) is 49.8 Å². The van der Waals surface area contributed by atoms with Gasteiger partial charge in [-0.15, -0.1) is 0 Å². The van der Waals surface area contributed by atoms with Gasteiger partial charge in [-0.05, 0) is 49.8 Å². The minimum atomic E-state index is -0.188. The van der Waals surface area contributed by atoms with Crippen molar-refractivity contribution >= 4 is 5.78 Å². The first-order chi connectivity index (χ1) is 11.2. The Bertz CT molecular complexity index is 558. The molecule has 1 fully saturated rings. The van der Waals surface area contributed by atoms with Crippen LogP contribution >= 0.6 is 0 Å². The van der Waals surface area contributed by atoms with Crippen molar-refractivity contribution in [3.8, 4) is 5.75 Å². The Hall–Kier alpha value is -1.39. The van der Waals surface area contributed by atoms with Crippen molar-refractivity contribution in [3.05, 3.63) is 29.3 Å². The van der Waals surface area contributed by atoms with Crippen LogP contribution in [-0.2, 0) is 15.9 Å². The van der Waals surface area contributed by atoms with E-state index in [9.17, 15) is 4.79 Å². The van der Waals surface area contributed by atoms with E-state index in [2.05, 4.69) is 6.07 Å². The summed E-state index contributed by atoms with van der Waals surface area (Å²) in [5.41, 5.74) is 1.85. The van der Waals surface area contributed by atoms with Crippen LogP contribution in [0.3, 0.4) is 0 Å². The summed E-state index contributed by atoms with van der Waals surface area (Å²) in [6.07, 6.45) is 5.88. The number of Topliss-reactive ketones (excluding diaryl/α,β-unsaturated/α-hetero) is 1. The molecule has 23 heavy (non-hydrogen) atoms. The summed E-state index contributed by atoms with van der Waals surface area (Å²) in [5.74, 6) is 1.10. The summed E-state index contributed by atoms with van der Waals surface area (Å²) >= 11 is 0. The Labute approximate surface area is 138 Å². The monoisotopic (exact) mass is 318 g/mol. The zero-order chi connectivity index (χ0) is 16.3. The normalized spacial score (nSPS) is 26.5. The Morgan fingerprint density at radius 3 is 2.65 bits per heavy atom. The zero-order valence-electron chi connectivity index (χ0n) is 14.1. The van der Waals surface area contributed by atoms with Crippen LogP contribution in [0.15, 0.2) is 18.2 Å². The molecule has 2 aliphatic rings. The van der Waals surface area contributed by atoms with Gasteiger partial charge >= 0.3 is 0 Å². The maximum Gasteiger partial charge on any atom is 0.169 e. The number of methoxy groups -OCH3 is 2. The van der Waals surface area contributed by atoms with E-state index < -0.39 is 0 Å². The molecule has 126 valence electrons. The summed E-state index contributed by atoms with van der Waals surface area (Å²) < 4.78 is 16.2. The molecule has 4 nitrogen and oxygen atoms in total. The Morgan fingerprint density at radius 1 is 1.17 bits per heavy atom. The molecule has 1 aromatic carbocycles. The van der Waals surface area contributed by atoms with E-state index in [1.165, 1.54) is 5.56 Å². The SMILES string of the molecule is COCCCOc1ccc2c(c1)C(=O)C1(CCC(OC)CC1)C2. The first-order valence-corrected chi connectivity index (χ1v) is 8.51. The predicted molar refractivity (Wildman–Crippen MR) is 88.2 cm³/mol. The molecule has 0 bridgehead atoms. The molecule has 1 spiro atoms. The van der Waals surface area contributed by atoms with E-state index in [-0.39, 0.29) is 5.41 Å². The van der Waals surface area contributed by atoms with Crippen LogP contribution in [0.1, 0.15) is 48.0 Å². The molecule has 0 heterocycles. The number of hydrogen-bond donors (Lipinski definition) is 0. The standard InChI is InChI=1S/C19H26O4/c1-21-10-3-11-23-16-5-4-14-13-19(18(20)17(14)12-16)8-6-15(22-2)7-9-19/h4-5,12,15H,3,6-11,13H2,1-2H3. The molecule has 1 saturated carbocycles. The Balaban J connectivity index is 1.68. The van der Waals surface area contributed by atoms with Gasteiger partial charge in [-0.1, -0.05) is 6.07 Å². The molecule has 0 atom stereocenters. The summed E-state index contributed by atoms with van der Waals surface area (Å²) in [4.78, 5) is 13.0. The van der Waals surface area contributed by atoms with Crippen molar-refractivity contribution in [1.29, 1.82) is 0 Å². The third-order valence-electron chi connectivity index (χ3n) is 5.32. The molecule has 4 heteroatoms. The van der Waals surface area contributed by atoms with Crippen molar-refractivity contribution in [2.45, 2.75) is 44.6 Å². The predicted octanol–water partition coefficient (Wildman–Crippen LogP) is 3.42. The molecule has 0 N–H and O–H groups in total. The smallest absolute Gasteiger partial charge is 0.169 e. The van der Waals surface area contributed by atoms with Crippen LogP contribution < -0.4 is 4.74 Å². The second-order valence-electron chi connectivity index (χ2n) is 6.74. The highest BCUT2D eigenvalue weighted by Gasteiger charge is 2.47. The highest BCUT2D eigenvalue weighted by atomic mass is 16.5. The average Bonchev–Trinajstić information content (AvgIpc) is 2.85. The van der Waals surface area contributed by atoms with Crippen LogP contribution in [-0.4, -0.2) is 39.3 Å². The minimum absolute atomic E-state index is 0.188. The van der Waals surface area contributed by atoms with Crippen molar-refractivity contribution in [3.63, 3.8) is 0 Å². The van der Waals surface area contributed by atoms with E-state index in [0.29, 0.717) is 25.1 Å². The van der Waals surface area contributed by atoms with Gasteiger partial charge < -0.3 is 14.2 Å². The molecular formula is C19H26O4. The van der Waals surface area contributed by atoms with Gasteiger partial charge in [-0.25, -0.2) is 0 Å². The van der Waals surface area contributed by atoms with Crippen LogP contribution in [0.5, 0.6) is 5.75 Å². The van der Waals surface area contributed by atoms with Gasteiger partial charge in [0.1, 0.15) is 5.75 Å². The lowest BCUT2D eigenvalue weighted by Crippen LogP contribution is -2.35. The number of rotatable bonds is 6. The third kappa shape index (κ3) is 3.29. The fourth-order valence-electron chi connectivity index (χ4n) is 3.92. The van der Waals surface area contributed by atoms with Crippen LogP contribution in [0.4, 0.5) is 0 Å². The largest absolute Gasteiger partial charge is 0.493 e. The third-order valence-corrected chi connectivity index (χ3v) is 5.32. The molecule has 0 amide bonds. The summed E-state index contributed by atoms with van der Waals surface area (Å²) in [6.45, 7) is 1.30. The summed E-state index contributed by atoms with van der Waals surface area (Å²) in [6, 6.07) is 5.98. The van der Waals surface area contributed by atoms with Crippen LogP contribution in [0.2, 0.25) is 0 Å². The van der Waals surface area contributed by atoms with Gasteiger partial charge in [-0.3, -0.25) is 4.79 Å². The van der Waals surface area contributed by atoms with Crippen molar-refractivity contribution < 1.29 is 19.0 Å². The number of carbonyl (C=O) groups excluding carboxylic acids is 1. The fraction of sp³-hybridized carbons (Fsp3) is 0.632. The van der Waals surface area contributed by atoms with Crippen molar-refractivity contribution in [2.75, 3.05) is 27.4 Å². The number of hydrogen-bond acceptors (Lipinski definition) is 4. The molecule has 0 saturated heterocycles. The zero-order valence-corrected chi connectivity index (χ0v) is 14.1. The molecule has 0 unspecified atom stereocenters. The highest BCUT2D eigenvalue weighted by Crippen LogP contribution is 2.48. The fourth-order valence-corrected chi connectivity index (χ4v) is 3.92. The van der Waals surface area contributed by atoms with E-state index in [1.54, 1.807) is 14.2 Å². The van der Waals surface area contributed by atoms with E-state index in [4.69, 9.17) is 14.2 Å². The second kappa shape index (κ2) is 7.02. The quantitative estimate of drug-likeness (QED) is 0.754. The first kappa shape index (κ1) is 16.5. The Kier molecular flexibility index (Phi) is 5.02. The molecule has 0 aromatic heterocycles. The molecule has 0 radical (unpaired) electrons. The average molecular weight is 318 g/mol. The van der Waals surface area contributed by atoms with Gasteiger partial charge in [0.25, 0.3) is 0 Å². The lowest BCUT2D eigenvalue weighted by molar-refractivity contribution is 0.0285. The van der Waals surface area contributed by atoms with Gasteiger partial charge in [0.15, 0.2) is 5.78 Å². The van der Waals surface area contributed by atoms with E-state index >= 15 is 0 Å². The van der Waals surface area contributed by atoms with Gasteiger partial charge in [0, 0.05) is 38.2 Å². The second-order valence-corrected chi connectivity index (χ2v) is 6.74. The molecule has 3 rings (SSSR count). The van der Waals surface area contributed by atoms with Crippen LogP contribution in [0.25, 0.3) is 0 Å². The molecule has 2 aliphatic carbocycles. The lowest BCUT2D eigenvalue weighted by Gasteiger charge is -2.35. The molecule has 1 aromatic rings. The van der Waals surface area contributed by atoms with Crippen molar-refractivity contribution in [2.24, 2.45) is 5.41 Å². The topological polar surface area (TPSA) is 44.8 Å². The number of fused-ring (bicyclic) bond motifs is 1. The highest BCUT2D eigenvalue weighted by molar-refractivity contribution is 6.05. The summed E-state index contributed by atoms with van der Waals surface area (Å²) in [7, 11) is 3.45. The molecule has 0 aliphatic heterocycles. The van der Waals surface area contributed by atoms with Gasteiger partial charge in [-0.2, -0.15) is 0 Å². The van der Waals surface area contributed by atoms with E-state index in [1.807, 2.05) is 12.1 Å². The maximum absolute atomic E-state index is 13.0. The van der Waals surface area contributed by atoms with Crippen molar-refractivity contribution in [1.82, 2.24) is 0 Å². The van der Waals surface area contributed by atoms with Crippen LogP contribution in [0, 0.1) is 5.41 Å². The maximum atomic E-state index is 13.0. The van der Waals surface area contributed by atoms with Gasteiger partial charge in [0.2, 0.25) is 0 Å². The lowest BCUT2D eigenvalue weighted by atomic mass is 9.70. The van der Waals surface area contributed by atoms with Gasteiger partial charge in [0.05, 0.1) is 12.7 Å². The number of benzene rings is 1. The minimum Gasteiger partial charge on any atom is -0.493 e. The summed E-state index contributed by atoms with van der Waals surface area (Å²) in [5, 5.41) is 0. The Morgan fingerprint density at radius 2 is 1.96 bits per heavy atom. The molecular weight excluding hydrogens is 292 g/mol. The first-order valence-electron chi connectivity index (χ1n) is 8.51.